The lowest BCUT2D eigenvalue weighted by molar-refractivity contribution is -0.124. The third-order valence-electron chi connectivity index (χ3n) is 4.72. The summed E-state index contributed by atoms with van der Waals surface area (Å²) < 4.78 is 0. The van der Waals surface area contributed by atoms with Gasteiger partial charge in [0, 0.05) is 18.7 Å². The van der Waals surface area contributed by atoms with E-state index in [0.717, 1.165) is 25.1 Å². The molecule has 0 radical (unpaired) electrons. The van der Waals surface area contributed by atoms with Gasteiger partial charge in [0.15, 0.2) is 0 Å². The van der Waals surface area contributed by atoms with Crippen LogP contribution in [0.1, 0.15) is 29.5 Å². The predicted molar refractivity (Wildman–Crippen MR) is 99.0 cm³/mol. The van der Waals surface area contributed by atoms with E-state index in [-0.39, 0.29) is 0 Å². The van der Waals surface area contributed by atoms with E-state index < -0.39 is 5.91 Å². The van der Waals surface area contributed by atoms with Crippen molar-refractivity contribution >= 4 is 12.0 Å². The summed E-state index contributed by atoms with van der Waals surface area (Å²) in [7, 11) is 0. The number of hydroxylamine groups is 1. The SMILES string of the molecule is O=C(C=Cc1ccc(CN2CCCC2Cc2ccccc2)cc1)NO. The number of hydrogen-bond donors (Lipinski definition) is 2. The molecule has 1 heterocycles. The molecule has 1 amide bonds. The van der Waals surface area contributed by atoms with Gasteiger partial charge in [-0.3, -0.25) is 14.9 Å². The van der Waals surface area contributed by atoms with Crippen molar-refractivity contribution in [3.05, 3.63) is 77.4 Å². The lowest BCUT2D eigenvalue weighted by Crippen LogP contribution is -2.30. The number of benzene rings is 2. The summed E-state index contributed by atoms with van der Waals surface area (Å²) in [5, 5.41) is 8.49. The van der Waals surface area contributed by atoms with E-state index in [2.05, 4.69) is 47.4 Å². The molecule has 4 heteroatoms. The van der Waals surface area contributed by atoms with Crippen LogP contribution >= 0.6 is 0 Å². The van der Waals surface area contributed by atoms with Crippen molar-refractivity contribution < 1.29 is 10.0 Å². The van der Waals surface area contributed by atoms with E-state index in [1.165, 1.54) is 30.0 Å². The Hall–Kier alpha value is -2.43. The zero-order valence-corrected chi connectivity index (χ0v) is 14.3. The van der Waals surface area contributed by atoms with Crippen molar-refractivity contribution in [1.82, 2.24) is 10.4 Å². The highest BCUT2D eigenvalue weighted by Gasteiger charge is 2.24. The first-order valence-corrected chi connectivity index (χ1v) is 8.73. The van der Waals surface area contributed by atoms with Gasteiger partial charge in [-0.1, -0.05) is 54.6 Å². The number of rotatable bonds is 6. The van der Waals surface area contributed by atoms with Gasteiger partial charge >= 0.3 is 0 Å². The molecule has 130 valence electrons. The van der Waals surface area contributed by atoms with Gasteiger partial charge in [-0.05, 0) is 48.6 Å². The van der Waals surface area contributed by atoms with Gasteiger partial charge in [0.2, 0.25) is 0 Å². The molecule has 2 aromatic rings. The fourth-order valence-electron chi connectivity index (χ4n) is 3.40. The first kappa shape index (κ1) is 17.4. The maximum Gasteiger partial charge on any atom is 0.267 e. The number of carbonyl (C=O) groups excluding carboxylic acids is 1. The van der Waals surface area contributed by atoms with E-state index in [9.17, 15) is 4.79 Å². The van der Waals surface area contributed by atoms with Crippen LogP contribution in [0.5, 0.6) is 0 Å². The third kappa shape index (κ3) is 5.02. The number of nitrogens with one attached hydrogen (secondary N) is 1. The highest BCUT2D eigenvalue weighted by atomic mass is 16.5. The van der Waals surface area contributed by atoms with Crippen LogP contribution in [-0.2, 0) is 17.8 Å². The van der Waals surface area contributed by atoms with Crippen molar-refractivity contribution in [3.63, 3.8) is 0 Å². The van der Waals surface area contributed by atoms with Crippen molar-refractivity contribution in [2.75, 3.05) is 6.54 Å². The van der Waals surface area contributed by atoms with Crippen molar-refractivity contribution in [2.45, 2.75) is 31.8 Å². The molecule has 1 unspecified atom stereocenters. The molecule has 3 rings (SSSR count). The molecule has 0 aliphatic carbocycles. The van der Waals surface area contributed by atoms with Crippen molar-refractivity contribution in [2.24, 2.45) is 0 Å². The topological polar surface area (TPSA) is 52.6 Å². The minimum atomic E-state index is -0.523. The van der Waals surface area contributed by atoms with Crippen LogP contribution in [0.4, 0.5) is 0 Å². The Labute approximate surface area is 148 Å². The molecule has 4 nitrogen and oxygen atoms in total. The molecule has 1 atom stereocenters. The molecule has 1 aliphatic heterocycles. The number of amides is 1. The van der Waals surface area contributed by atoms with Crippen molar-refractivity contribution in [1.29, 1.82) is 0 Å². The summed E-state index contributed by atoms with van der Waals surface area (Å²) in [5.41, 5.74) is 5.21. The summed E-state index contributed by atoms with van der Waals surface area (Å²) in [5.74, 6) is -0.523. The minimum Gasteiger partial charge on any atom is -0.296 e. The Kier molecular flexibility index (Phi) is 5.99. The number of nitrogens with zero attached hydrogens (tertiary/aromatic N) is 1. The highest BCUT2D eigenvalue weighted by Crippen LogP contribution is 2.23. The second-order valence-electron chi connectivity index (χ2n) is 6.51. The Morgan fingerprint density at radius 3 is 2.60 bits per heavy atom. The number of hydrogen-bond acceptors (Lipinski definition) is 3. The Balaban J connectivity index is 1.59. The fourth-order valence-corrected chi connectivity index (χ4v) is 3.40. The van der Waals surface area contributed by atoms with Crippen LogP contribution in [0.2, 0.25) is 0 Å². The van der Waals surface area contributed by atoms with Crippen LogP contribution < -0.4 is 5.48 Å². The van der Waals surface area contributed by atoms with Crippen LogP contribution in [-0.4, -0.2) is 28.6 Å². The molecule has 0 spiro atoms. The van der Waals surface area contributed by atoms with Gasteiger partial charge in [-0.25, -0.2) is 5.48 Å². The minimum absolute atomic E-state index is 0.523. The van der Waals surface area contributed by atoms with Gasteiger partial charge in [-0.2, -0.15) is 0 Å². The molecule has 1 aliphatic rings. The van der Waals surface area contributed by atoms with Gasteiger partial charge in [-0.15, -0.1) is 0 Å². The summed E-state index contributed by atoms with van der Waals surface area (Å²) in [4.78, 5) is 13.6. The molecule has 25 heavy (non-hydrogen) atoms. The quantitative estimate of drug-likeness (QED) is 0.483. The van der Waals surface area contributed by atoms with E-state index in [4.69, 9.17) is 5.21 Å². The van der Waals surface area contributed by atoms with Crippen LogP contribution in [0.25, 0.3) is 6.08 Å². The third-order valence-corrected chi connectivity index (χ3v) is 4.72. The number of carbonyl (C=O) groups is 1. The average molecular weight is 336 g/mol. The maximum atomic E-state index is 11.0. The van der Waals surface area contributed by atoms with E-state index in [0.29, 0.717) is 6.04 Å². The first-order chi connectivity index (χ1) is 12.2. The largest absolute Gasteiger partial charge is 0.296 e. The average Bonchev–Trinajstić information content (AvgIpc) is 3.08. The molecule has 2 aromatic carbocycles. The predicted octanol–water partition coefficient (Wildman–Crippen LogP) is 3.41. The lowest BCUT2D eigenvalue weighted by Gasteiger charge is -2.24. The monoisotopic (exact) mass is 336 g/mol. The fraction of sp³-hybridized carbons (Fsp3) is 0.286. The molecule has 1 fully saturated rings. The van der Waals surface area contributed by atoms with Crippen LogP contribution in [0.15, 0.2) is 60.7 Å². The highest BCUT2D eigenvalue weighted by molar-refractivity contribution is 5.90. The molecular formula is C21H24N2O2. The molecule has 1 saturated heterocycles. The van der Waals surface area contributed by atoms with Crippen molar-refractivity contribution in [3.8, 4) is 0 Å². The molecule has 0 bridgehead atoms. The van der Waals surface area contributed by atoms with E-state index >= 15 is 0 Å². The summed E-state index contributed by atoms with van der Waals surface area (Å²) in [6.07, 6.45) is 6.62. The zero-order chi connectivity index (χ0) is 17.5. The van der Waals surface area contributed by atoms with Gasteiger partial charge in [0.1, 0.15) is 0 Å². The zero-order valence-electron chi connectivity index (χ0n) is 14.3. The smallest absolute Gasteiger partial charge is 0.267 e. The summed E-state index contributed by atoms with van der Waals surface area (Å²) >= 11 is 0. The van der Waals surface area contributed by atoms with E-state index in [1.54, 1.807) is 11.6 Å². The molecule has 2 N–H and O–H groups in total. The second-order valence-corrected chi connectivity index (χ2v) is 6.51. The van der Waals surface area contributed by atoms with E-state index in [1.807, 2.05) is 12.1 Å². The Morgan fingerprint density at radius 2 is 1.88 bits per heavy atom. The van der Waals surface area contributed by atoms with Crippen LogP contribution in [0.3, 0.4) is 0 Å². The van der Waals surface area contributed by atoms with Gasteiger partial charge in [0.25, 0.3) is 5.91 Å². The number of likely N-dealkylation sites (tertiary alicyclic amines) is 1. The normalized spacial score (nSPS) is 17.9. The summed E-state index contributed by atoms with van der Waals surface area (Å²) in [6, 6.07) is 19.5. The lowest BCUT2D eigenvalue weighted by atomic mass is 10.0. The molecule has 0 aromatic heterocycles. The molecular weight excluding hydrogens is 312 g/mol. The first-order valence-electron chi connectivity index (χ1n) is 8.73. The summed E-state index contributed by atoms with van der Waals surface area (Å²) in [6.45, 7) is 2.11. The Morgan fingerprint density at radius 1 is 1.12 bits per heavy atom. The Bertz CT molecular complexity index is 710. The molecule has 0 saturated carbocycles. The second kappa shape index (κ2) is 8.60. The van der Waals surface area contributed by atoms with Gasteiger partial charge in [0.05, 0.1) is 0 Å². The van der Waals surface area contributed by atoms with Gasteiger partial charge < -0.3 is 0 Å². The maximum absolute atomic E-state index is 11.0. The van der Waals surface area contributed by atoms with Crippen LogP contribution in [0, 0.1) is 0 Å². The standard InChI is InChI=1S/C21H24N2O2/c24-21(22-25)13-12-17-8-10-19(11-9-17)16-23-14-4-7-20(23)15-18-5-2-1-3-6-18/h1-3,5-6,8-13,20,25H,4,7,14-16H2,(H,22,24).